The van der Waals surface area contributed by atoms with Gasteiger partial charge in [0.05, 0.1) is 27.8 Å². The van der Waals surface area contributed by atoms with E-state index < -0.39 is 0 Å². The monoisotopic (exact) mass is 923 g/mol. The van der Waals surface area contributed by atoms with Gasteiger partial charge in [-0.3, -0.25) is 0 Å². The predicted octanol–water partition coefficient (Wildman–Crippen LogP) is 15.6. The average molecular weight is 924 g/mol. The van der Waals surface area contributed by atoms with Gasteiger partial charge in [0, 0.05) is 67.6 Å². The maximum atomic E-state index is 2.63. The standard InChI is InChI=1S/C66H50BN5/c1-66(2,3)45-23-21-34-51(41-45)70-59-42-52(68(46-24-9-4-10-25-46)47-26-11-5-12-27-47)39-40-56(59)67-57-37-22-36-55-63(57)72(64-54-35-19-20-38-58(54)71(65(55)64)50-32-17-8-18-33-50)61-44-53(43-60(70)62(61)67)69(48-28-13-6-14-29-48)49-30-15-7-16-31-49/h4-44H,1-3H3. The molecule has 14 rings (SSSR count). The largest absolute Gasteiger partial charge is 0.311 e. The third-order valence-electron chi connectivity index (χ3n) is 14.9. The Morgan fingerprint density at radius 1 is 0.347 bits per heavy atom. The van der Waals surface area contributed by atoms with Crippen molar-refractivity contribution in [2.24, 2.45) is 0 Å². The molecule has 0 radical (unpaired) electrons. The summed E-state index contributed by atoms with van der Waals surface area (Å²) in [5.74, 6) is 0. The van der Waals surface area contributed by atoms with Gasteiger partial charge in [-0.1, -0.05) is 166 Å². The van der Waals surface area contributed by atoms with E-state index in [-0.39, 0.29) is 12.1 Å². The second-order valence-corrected chi connectivity index (χ2v) is 20.2. The number of hydrogen-bond donors (Lipinski definition) is 0. The Hall–Kier alpha value is -9.00. The molecule has 2 aromatic heterocycles. The summed E-state index contributed by atoms with van der Waals surface area (Å²) in [4.78, 5) is 7.40. The van der Waals surface area contributed by atoms with E-state index in [2.05, 4.69) is 293 Å². The number of benzene rings is 10. The van der Waals surface area contributed by atoms with E-state index in [0.717, 1.165) is 56.9 Å². The topological polar surface area (TPSA) is 19.6 Å². The maximum Gasteiger partial charge on any atom is 0.252 e. The highest BCUT2D eigenvalue weighted by atomic mass is 15.2. The molecular formula is C66H50BN5. The molecule has 0 unspecified atom stereocenters. The lowest BCUT2D eigenvalue weighted by atomic mass is 9.33. The van der Waals surface area contributed by atoms with E-state index in [1.54, 1.807) is 0 Å². The molecule has 0 bridgehead atoms. The minimum absolute atomic E-state index is 0.0782. The van der Waals surface area contributed by atoms with E-state index in [9.17, 15) is 0 Å². The second kappa shape index (κ2) is 16.3. The first-order valence-electron chi connectivity index (χ1n) is 25.1. The first kappa shape index (κ1) is 41.9. The molecule has 0 spiro atoms. The summed E-state index contributed by atoms with van der Waals surface area (Å²) < 4.78 is 5.12. The van der Waals surface area contributed by atoms with Crippen LogP contribution >= 0.6 is 0 Å². The molecule has 0 saturated heterocycles. The molecule has 342 valence electrons. The fourth-order valence-electron chi connectivity index (χ4n) is 11.8. The summed E-state index contributed by atoms with van der Waals surface area (Å²) in [7, 11) is 0. The molecule has 6 heteroatoms. The Bertz CT molecular complexity index is 3950. The lowest BCUT2D eigenvalue weighted by molar-refractivity contribution is 0.590. The zero-order valence-corrected chi connectivity index (χ0v) is 40.5. The molecule has 10 aromatic carbocycles. The zero-order valence-electron chi connectivity index (χ0n) is 40.5. The summed E-state index contributed by atoms with van der Waals surface area (Å²) >= 11 is 0. The summed E-state index contributed by atoms with van der Waals surface area (Å²) in [5, 5.41) is 2.46. The number of nitrogens with zero attached hydrogens (tertiary/aromatic N) is 5. The summed E-state index contributed by atoms with van der Waals surface area (Å²) in [6.45, 7) is 6.86. The van der Waals surface area contributed by atoms with Crippen molar-refractivity contribution in [3.8, 4) is 11.4 Å². The molecule has 2 aliphatic rings. The van der Waals surface area contributed by atoms with Crippen LogP contribution in [-0.4, -0.2) is 15.8 Å². The van der Waals surface area contributed by atoms with E-state index in [1.165, 1.54) is 60.5 Å². The highest BCUT2D eigenvalue weighted by Gasteiger charge is 2.44. The fraction of sp³-hybridized carbons (Fsp3) is 0.0606. The van der Waals surface area contributed by atoms with Crippen LogP contribution in [0.2, 0.25) is 0 Å². The van der Waals surface area contributed by atoms with E-state index >= 15 is 0 Å². The number of hydrogen-bond acceptors (Lipinski definition) is 3. The zero-order chi connectivity index (χ0) is 48.1. The lowest BCUT2D eigenvalue weighted by Crippen LogP contribution is -2.60. The highest BCUT2D eigenvalue weighted by molar-refractivity contribution is 7.00. The van der Waals surface area contributed by atoms with Gasteiger partial charge in [-0.2, -0.15) is 0 Å². The van der Waals surface area contributed by atoms with Gasteiger partial charge in [-0.05, 0) is 130 Å². The van der Waals surface area contributed by atoms with Crippen molar-refractivity contribution in [2.45, 2.75) is 26.2 Å². The molecule has 0 atom stereocenters. The van der Waals surface area contributed by atoms with Crippen molar-refractivity contribution < 1.29 is 0 Å². The van der Waals surface area contributed by atoms with Crippen molar-refractivity contribution in [1.82, 2.24) is 9.13 Å². The SMILES string of the molecule is CC(C)(C)c1cccc(N2c3cc(N(c4ccccc4)c4ccccc4)ccc3B3c4c2cc(N(c2ccccc2)c2ccccc2)cc4-n2c4c3cccc4c3c2c2ccccc2n3-c2ccccc2)c1. The number of aromatic nitrogens is 2. The second-order valence-electron chi connectivity index (χ2n) is 20.2. The Labute approximate surface area is 420 Å². The normalized spacial score (nSPS) is 12.6. The molecule has 0 fully saturated rings. The Balaban J connectivity index is 1.15. The van der Waals surface area contributed by atoms with Crippen LogP contribution in [0.4, 0.5) is 51.2 Å². The Kier molecular flexibility index (Phi) is 9.49. The third kappa shape index (κ3) is 6.42. The van der Waals surface area contributed by atoms with Gasteiger partial charge in [-0.25, -0.2) is 0 Å². The number of rotatable bonds is 8. The fourth-order valence-corrected chi connectivity index (χ4v) is 11.8. The summed E-state index contributed by atoms with van der Waals surface area (Å²) in [6, 6.07) is 91.5. The van der Waals surface area contributed by atoms with Gasteiger partial charge < -0.3 is 23.8 Å². The quantitative estimate of drug-likeness (QED) is 0.142. The van der Waals surface area contributed by atoms with Gasteiger partial charge in [-0.15, -0.1) is 0 Å². The van der Waals surface area contributed by atoms with Gasteiger partial charge in [0.15, 0.2) is 0 Å². The van der Waals surface area contributed by atoms with Crippen LogP contribution in [0.15, 0.2) is 249 Å². The molecule has 72 heavy (non-hydrogen) atoms. The van der Waals surface area contributed by atoms with Gasteiger partial charge >= 0.3 is 0 Å². The molecule has 0 saturated carbocycles. The summed E-state index contributed by atoms with van der Waals surface area (Å²) in [6.07, 6.45) is 0. The van der Waals surface area contributed by atoms with Crippen LogP contribution in [-0.2, 0) is 5.41 Å². The van der Waals surface area contributed by atoms with Crippen molar-refractivity contribution >= 4 is 107 Å². The van der Waals surface area contributed by atoms with E-state index in [1.807, 2.05) is 0 Å². The molecule has 5 nitrogen and oxygen atoms in total. The smallest absolute Gasteiger partial charge is 0.252 e. The van der Waals surface area contributed by atoms with Crippen molar-refractivity contribution in [3.05, 3.63) is 254 Å². The third-order valence-corrected chi connectivity index (χ3v) is 14.9. The number of para-hydroxylation sites is 7. The maximum absolute atomic E-state index is 2.63. The average Bonchev–Trinajstić information content (AvgIpc) is 3.95. The van der Waals surface area contributed by atoms with Gasteiger partial charge in [0.1, 0.15) is 0 Å². The van der Waals surface area contributed by atoms with Crippen LogP contribution in [0.3, 0.4) is 0 Å². The molecule has 0 N–H and O–H groups in total. The first-order valence-corrected chi connectivity index (χ1v) is 25.1. The molecular weight excluding hydrogens is 874 g/mol. The van der Waals surface area contributed by atoms with Crippen LogP contribution in [0, 0.1) is 0 Å². The Morgan fingerprint density at radius 2 is 0.847 bits per heavy atom. The molecule has 4 heterocycles. The van der Waals surface area contributed by atoms with Crippen molar-refractivity contribution in [1.29, 1.82) is 0 Å². The van der Waals surface area contributed by atoms with Crippen LogP contribution < -0.4 is 31.1 Å². The lowest BCUT2D eigenvalue weighted by Gasteiger charge is -2.42. The Morgan fingerprint density at radius 3 is 1.47 bits per heavy atom. The van der Waals surface area contributed by atoms with Crippen molar-refractivity contribution in [2.75, 3.05) is 14.7 Å². The van der Waals surface area contributed by atoms with Gasteiger partial charge in [0.25, 0.3) is 6.71 Å². The van der Waals surface area contributed by atoms with Gasteiger partial charge in [0.2, 0.25) is 0 Å². The van der Waals surface area contributed by atoms with E-state index in [4.69, 9.17) is 0 Å². The van der Waals surface area contributed by atoms with Crippen molar-refractivity contribution in [3.63, 3.8) is 0 Å². The van der Waals surface area contributed by atoms with Crippen LogP contribution in [0.5, 0.6) is 0 Å². The molecule has 0 aliphatic carbocycles. The van der Waals surface area contributed by atoms with Crippen LogP contribution in [0.1, 0.15) is 26.3 Å². The minimum atomic E-state index is -0.0800. The molecule has 0 amide bonds. The number of fused-ring (bicyclic) bond motifs is 9. The highest BCUT2D eigenvalue weighted by Crippen LogP contribution is 2.49. The molecule has 2 aliphatic heterocycles. The van der Waals surface area contributed by atoms with Crippen LogP contribution in [0.25, 0.3) is 44.2 Å². The van der Waals surface area contributed by atoms with E-state index in [0.29, 0.717) is 0 Å². The summed E-state index contributed by atoms with van der Waals surface area (Å²) in [5.41, 5.74) is 22.2. The number of anilines is 9. The first-order chi connectivity index (χ1) is 35.4. The molecule has 12 aromatic rings. The minimum Gasteiger partial charge on any atom is -0.311 e. The predicted molar refractivity (Wildman–Crippen MR) is 305 cm³/mol.